The van der Waals surface area contributed by atoms with Crippen LogP contribution in [0.5, 0.6) is 0 Å². The van der Waals surface area contributed by atoms with Crippen molar-refractivity contribution in [3.05, 3.63) is 0 Å². The standard InChI is InChI=1S/C8H15NO3S/c1-5(3-12-2)7-9-6(4-13-7)8(10)11/h5-7,9H,3-4H2,1-2H3,(H,10,11)/t5?,6-,7?/m0/s1. The molecule has 0 radical (unpaired) electrons. The summed E-state index contributed by atoms with van der Waals surface area (Å²) in [6.07, 6.45) is 0. The largest absolute Gasteiger partial charge is 0.480 e. The van der Waals surface area contributed by atoms with E-state index >= 15 is 0 Å². The molecule has 0 bridgehead atoms. The number of carbonyl (C=O) groups is 1. The van der Waals surface area contributed by atoms with Crippen LogP contribution in [0.15, 0.2) is 0 Å². The third kappa shape index (κ3) is 2.86. The second-order valence-corrected chi connectivity index (χ2v) is 4.42. The van der Waals surface area contributed by atoms with Crippen LogP contribution in [0.3, 0.4) is 0 Å². The highest BCUT2D eigenvalue weighted by atomic mass is 32.2. The molecule has 0 aromatic carbocycles. The Bertz CT molecular complexity index is 188. The monoisotopic (exact) mass is 205 g/mol. The second kappa shape index (κ2) is 4.83. The van der Waals surface area contributed by atoms with Crippen LogP contribution >= 0.6 is 11.8 Å². The number of carboxylic acid groups (broad SMARTS) is 1. The fourth-order valence-corrected chi connectivity index (χ4v) is 2.62. The lowest BCUT2D eigenvalue weighted by molar-refractivity contribution is -0.138. The Morgan fingerprint density at radius 3 is 3.00 bits per heavy atom. The van der Waals surface area contributed by atoms with Gasteiger partial charge in [0, 0.05) is 18.8 Å². The summed E-state index contributed by atoms with van der Waals surface area (Å²) in [5.41, 5.74) is 0. The molecular weight excluding hydrogens is 190 g/mol. The molecule has 4 nitrogen and oxygen atoms in total. The maximum atomic E-state index is 10.6. The maximum absolute atomic E-state index is 10.6. The molecule has 2 unspecified atom stereocenters. The van der Waals surface area contributed by atoms with Crippen LogP contribution in [-0.2, 0) is 9.53 Å². The van der Waals surface area contributed by atoms with Gasteiger partial charge < -0.3 is 9.84 Å². The number of ether oxygens (including phenoxy) is 1. The van der Waals surface area contributed by atoms with Crippen LogP contribution in [0.1, 0.15) is 6.92 Å². The minimum absolute atomic E-state index is 0.209. The van der Waals surface area contributed by atoms with Crippen molar-refractivity contribution in [2.75, 3.05) is 19.5 Å². The Morgan fingerprint density at radius 2 is 2.54 bits per heavy atom. The molecule has 1 fully saturated rings. The molecule has 0 saturated carbocycles. The highest BCUT2D eigenvalue weighted by Gasteiger charge is 2.32. The molecule has 0 spiro atoms. The van der Waals surface area contributed by atoms with E-state index in [0.29, 0.717) is 18.3 Å². The molecule has 1 aliphatic heterocycles. The van der Waals surface area contributed by atoms with Gasteiger partial charge in [-0.15, -0.1) is 11.8 Å². The first-order valence-corrected chi connectivity index (χ1v) is 5.29. The van der Waals surface area contributed by atoms with Gasteiger partial charge in [0.05, 0.1) is 12.0 Å². The number of hydrogen-bond donors (Lipinski definition) is 2. The number of aliphatic carboxylic acids is 1. The quantitative estimate of drug-likeness (QED) is 0.695. The van der Waals surface area contributed by atoms with Gasteiger partial charge in [-0.05, 0) is 0 Å². The van der Waals surface area contributed by atoms with E-state index in [4.69, 9.17) is 9.84 Å². The minimum atomic E-state index is -0.764. The lowest BCUT2D eigenvalue weighted by atomic mass is 10.2. The van der Waals surface area contributed by atoms with Gasteiger partial charge in [0.1, 0.15) is 6.04 Å². The molecule has 3 atom stereocenters. The van der Waals surface area contributed by atoms with Gasteiger partial charge >= 0.3 is 5.97 Å². The van der Waals surface area contributed by atoms with Crippen molar-refractivity contribution in [1.29, 1.82) is 0 Å². The van der Waals surface area contributed by atoms with Crippen LogP contribution in [-0.4, -0.2) is 42.0 Å². The van der Waals surface area contributed by atoms with E-state index in [1.54, 1.807) is 18.9 Å². The average Bonchev–Trinajstić information content (AvgIpc) is 2.52. The molecular formula is C8H15NO3S. The third-order valence-electron chi connectivity index (χ3n) is 2.05. The van der Waals surface area contributed by atoms with E-state index < -0.39 is 12.0 Å². The summed E-state index contributed by atoms with van der Waals surface area (Å²) < 4.78 is 5.01. The molecule has 1 aliphatic rings. The van der Waals surface area contributed by atoms with Gasteiger partial charge in [0.15, 0.2) is 0 Å². The molecule has 2 N–H and O–H groups in total. The molecule has 5 heteroatoms. The highest BCUT2D eigenvalue weighted by Crippen LogP contribution is 2.25. The average molecular weight is 205 g/mol. The molecule has 0 aromatic heterocycles. The van der Waals surface area contributed by atoms with E-state index in [-0.39, 0.29) is 5.37 Å². The van der Waals surface area contributed by atoms with Gasteiger partial charge in [0.25, 0.3) is 0 Å². The fourth-order valence-electron chi connectivity index (χ4n) is 1.32. The Balaban J connectivity index is 2.35. The number of hydrogen-bond acceptors (Lipinski definition) is 4. The summed E-state index contributed by atoms with van der Waals surface area (Å²) in [4.78, 5) is 10.6. The first kappa shape index (κ1) is 10.8. The van der Waals surface area contributed by atoms with Crippen molar-refractivity contribution >= 4 is 17.7 Å². The van der Waals surface area contributed by atoms with Gasteiger partial charge in [0.2, 0.25) is 0 Å². The zero-order valence-corrected chi connectivity index (χ0v) is 8.63. The van der Waals surface area contributed by atoms with Crippen LogP contribution in [0.2, 0.25) is 0 Å². The molecule has 76 valence electrons. The van der Waals surface area contributed by atoms with Crippen molar-refractivity contribution in [3.63, 3.8) is 0 Å². The third-order valence-corrected chi connectivity index (χ3v) is 3.54. The zero-order valence-electron chi connectivity index (χ0n) is 7.82. The summed E-state index contributed by atoms with van der Waals surface area (Å²) in [6, 6.07) is -0.394. The highest BCUT2D eigenvalue weighted by molar-refractivity contribution is 8.00. The fraction of sp³-hybridized carbons (Fsp3) is 0.875. The Labute approximate surface area is 82.0 Å². The molecule has 1 rings (SSSR count). The first-order chi connectivity index (χ1) is 6.15. The Morgan fingerprint density at radius 1 is 1.85 bits per heavy atom. The predicted octanol–water partition coefficient (Wildman–Crippen LogP) is 0.385. The zero-order chi connectivity index (χ0) is 9.84. The smallest absolute Gasteiger partial charge is 0.321 e. The summed E-state index contributed by atoms with van der Waals surface area (Å²) in [5, 5.41) is 12.0. The van der Waals surface area contributed by atoms with Gasteiger partial charge in [-0.25, -0.2) is 0 Å². The summed E-state index contributed by atoms with van der Waals surface area (Å²) in [5.74, 6) is 0.229. The lowest BCUT2D eigenvalue weighted by Gasteiger charge is -2.18. The second-order valence-electron chi connectivity index (χ2n) is 3.24. The first-order valence-electron chi connectivity index (χ1n) is 4.24. The van der Waals surface area contributed by atoms with E-state index in [0.717, 1.165) is 0 Å². The Kier molecular flexibility index (Phi) is 4.02. The van der Waals surface area contributed by atoms with Crippen molar-refractivity contribution in [2.24, 2.45) is 5.92 Å². The van der Waals surface area contributed by atoms with E-state index in [1.807, 2.05) is 0 Å². The number of thioether (sulfide) groups is 1. The van der Waals surface area contributed by atoms with Gasteiger partial charge in [-0.2, -0.15) is 0 Å². The van der Waals surface area contributed by atoms with Crippen LogP contribution in [0.25, 0.3) is 0 Å². The van der Waals surface area contributed by atoms with Crippen molar-refractivity contribution in [2.45, 2.75) is 18.3 Å². The van der Waals surface area contributed by atoms with Crippen molar-refractivity contribution < 1.29 is 14.6 Å². The van der Waals surface area contributed by atoms with E-state index in [2.05, 4.69) is 12.2 Å². The summed E-state index contributed by atoms with van der Waals surface area (Å²) >= 11 is 1.65. The molecule has 0 aliphatic carbocycles. The number of rotatable bonds is 4. The predicted molar refractivity (Wildman–Crippen MR) is 51.8 cm³/mol. The minimum Gasteiger partial charge on any atom is -0.480 e. The summed E-state index contributed by atoms with van der Waals surface area (Å²) in [6.45, 7) is 2.72. The van der Waals surface area contributed by atoms with Gasteiger partial charge in [-0.3, -0.25) is 10.1 Å². The van der Waals surface area contributed by atoms with Crippen LogP contribution in [0.4, 0.5) is 0 Å². The summed E-state index contributed by atoms with van der Waals surface area (Å²) in [7, 11) is 1.66. The number of nitrogens with one attached hydrogen (secondary N) is 1. The molecule has 1 heterocycles. The van der Waals surface area contributed by atoms with E-state index in [9.17, 15) is 4.79 Å². The molecule has 0 aromatic rings. The number of methoxy groups -OCH3 is 1. The van der Waals surface area contributed by atoms with Crippen LogP contribution < -0.4 is 5.32 Å². The number of carboxylic acids is 1. The van der Waals surface area contributed by atoms with Crippen molar-refractivity contribution in [1.82, 2.24) is 5.32 Å². The molecule has 13 heavy (non-hydrogen) atoms. The van der Waals surface area contributed by atoms with Crippen molar-refractivity contribution in [3.8, 4) is 0 Å². The van der Waals surface area contributed by atoms with Crippen LogP contribution in [0, 0.1) is 5.92 Å². The van der Waals surface area contributed by atoms with E-state index in [1.165, 1.54) is 0 Å². The SMILES string of the molecule is COCC(C)C1N[C@H](C(=O)O)CS1. The Hall–Kier alpha value is -0.260. The molecule has 0 amide bonds. The maximum Gasteiger partial charge on any atom is 0.321 e. The normalized spacial score (nSPS) is 30.3. The van der Waals surface area contributed by atoms with Gasteiger partial charge in [-0.1, -0.05) is 6.92 Å². The molecule has 1 saturated heterocycles. The topological polar surface area (TPSA) is 58.6 Å². The lowest BCUT2D eigenvalue weighted by Crippen LogP contribution is -2.39.